The molecule has 2 aromatic heterocycles. The highest BCUT2D eigenvalue weighted by atomic mass is 35.5. The molecule has 1 saturated carbocycles. The van der Waals surface area contributed by atoms with Crippen LogP contribution in [-0.4, -0.2) is 29.0 Å². The first kappa shape index (κ1) is 15.5. The maximum atomic E-state index is 12.4. The van der Waals surface area contributed by atoms with E-state index in [-0.39, 0.29) is 5.91 Å². The van der Waals surface area contributed by atoms with Crippen LogP contribution in [0.15, 0.2) is 17.5 Å². The van der Waals surface area contributed by atoms with Crippen LogP contribution in [0.1, 0.15) is 12.8 Å². The van der Waals surface area contributed by atoms with Gasteiger partial charge in [0.05, 0.1) is 26.7 Å². The Kier molecular flexibility index (Phi) is 4.20. The van der Waals surface area contributed by atoms with Crippen molar-refractivity contribution >= 4 is 51.3 Å². The van der Waals surface area contributed by atoms with E-state index in [0.717, 1.165) is 10.6 Å². The Bertz CT molecular complexity index is 727. The molecule has 2 aromatic rings. The normalized spacial score (nSPS) is 20.5. The summed E-state index contributed by atoms with van der Waals surface area (Å²) in [7, 11) is 1.64. The predicted molar refractivity (Wildman–Crippen MR) is 87.7 cm³/mol. The smallest absolute Gasteiger partial charge is 0.307 e. The third-order valence-corrected chi connectivity index (χ3v) is 6.01. The number of hydrogen-bond acceptors (Lipinski definition) is 5. The number of halogens is 1. The summed E-state index contributed by atoms with van der Waals surface area (Å²) in [5.41, 5.74) is 0.778. The molecule has 0 spiro atoms. The first-order valence-electron chi connectivity index (χ1n) is 6.69. The summed E-state index contributed by atoms with van der Waals surface area (Å²) in [5, 5.41) is 11.5. The Labute approximate surface area is 140 Å². The molecule has 0 saturated heterocycles. The Morgan fingerprint density at radius 2 is 2.09 bits per heavy atom. The molecule has 1 fully saturated rings. The Morgan fingerprint density at radius 3 is 2.64 bits per heavy atom. The third kappa shape index (κ3) is 2.76. The van der Waals surface area contributed by atoms with Crippen LogP contribution >= 0.6 is 34.3 Å². The minimum atomic E-state index is -0.897. The van der Waals surface area contributed by atoms with Gasteiger partial charge in [-0.1, -0.05) is 11.6 Å². The summed E-state index contributed by atoms with van der Waals surface area (Å²) in [4.78, 5) is 30.3. The molecule has 116 valence electrons. The minimum absolute atomic E-state index is 0.177. The summed E-state index contributed by atoms with van der Waals surface area (Å²) in [6, 6.07) is 3.70. The van der Waals surface area contributed by atoms with Gasteiger partial charge in [0.15, 0.2) is 5.13 Å². The van der Waals surface area contributed by atoms with Crippen molar-refractivity contribution in [1.82, 2.24) is 4.98 Å². The molecule has 0 bridgehead atoms. The van der Waals surface area contributed by atoms with E-state index in [1.807, 2.05) is 11.4 Å². The number of carbonyl (C=O) groups excluding carboxylic acids is 1. The zero-order chi connectivity index (χ0) is 15.9. The average Bonchev–Trinajstić information content (AvgIpc) is 3.04. The monoisotopic (exact) mass is 356 g/mol. The average molecular weight is 357 g/mol. The molecule has 0 aliphatic heterocycles. The molecular formula is C14H13ClN2O3S2. The van der Waals surface area contributed by atoms with Crippen LogP contribution in [0.3, 0.4) is 0 Å². The highest BCUT2D eigenvalue weighted by Crippen LogP contribution is 2.38. The molecule has 8 heteroatoms. The first-order chi connectivity index (χ1) is 10.5. The maximum absolute atomic E-state index is 12.4. The van der Waals surface area contributed by atoms with Crippen LogP contribution in [0, 0.1) is 11.8 Å². The van der Waals surface area contributed by atoms with Gasteiger partial charge in [0.1, 0.15) is 0 Å². The number of rotatable bonds is 4. The molecule has 1 aliphatic carbocycles. The standard InChI is InChI=1S/C14H13ClN2O3S2/c1-17(12(18)7-2-3-8(7)13(19)20)14-16-9(6-21-14)10-4-5-11(15)22-10/h4-8H,2-3H2,1H3,(H,19,20). The molecule has 2 heterocycles. The van der Waals surface area contributed by atoms with Crippen molar-refractivity contribution < 1.29 is 14.7 Å². The molecule has 1 aliphatic rings. The van der Waals surface area contributed by atoms with Gasteiger partial charge in [-0.05, 0) is 25.0 Å². The molecular weight excluding hydrogens is 344 g/mol. The summed E-state index contributed by atoms with van der Waals surface area (Å²) < 4.78 is 0.688. The van der Waals surface area contributed by atoms with Gasteiger partial charge < -0.3 is 5.11 Å². The van der Waals surface area contributed by atoms with Crippen molar-refractivity contribution in [3.63, 3.8) is 0 Å². The number of thiazole rings is 1. The van der Waals surface area contributed by atoms with E-state index in [0.29, 0.717) is 22.3 Å². The van der Waals surface area contributed by atoms with Gasteiger partial charge in [0.25, 0.3) is 0 Å². The van der Waals surface area contributed by atoms with E-state index in [2.05, 4.69) is 4.98 Å². The molecule has 3 rings (SSSR count). The van der Waals surface area contributed by atoms with Gasteiger partial charge >= 0.3 is 5.97 Å². The van der Waals surface area contributed by atoms with Crippen molar-refractivity contribution in [3.05, 3.63) is 21.8 Å². The van der Waals surface area contributed by atoms with Crippen LogP contribution in [-0.2, 0) is 9.59 Å². The van der Waals surface area contributed by atoms with E-state index < -0.39 is 17.8 Å². The molecule has 5 nitrogen and oxygen atoms in total. The number of carboxylic acids is 1. The van der Waals surface area contributed by atoms with Gasteiger partial charge in [-0.3, -0.25) is 14.5 Å². The predicted octanol–water partition coefficient (Wildman–Crippen LogP) is 3.60. The van der Waals surface area contributed by atoms with Gasteiger partial charge in [-0.15, -0.1) is 22.7 Å². The highest BCUT2D eigenvalue weighted by molar-refractivity contribution is 7.20. The van der Waals surface area contributed by atoms with Crippen molar-refractivity contribution in [2.45, 2.75) is 12.8 Å². The third-order valence-electron chi connectivity index (χ3n) is 3.84. The topological polar surface area (TPSA) is 70.5 Å². The number of aromatic nitrogens is 1. The number of aliphatic carboxylic acids is 1. The van der Waals surface area contributed by atoms with E-state index in [4.69, 9.17) is 16.7 Å². The lowest BCUT2D eigenvalue weighted by molar-refractivity contribution is -0.151. The second-order valence-corrected chi connectivity index (χ2v) is 7.70. The van der Waals surface area contributed by atoms with E-state index in [1.54, 1.807) is 13.1 Å². The Hall–Kier alpha value is -1.44. The van der Waals surface area contributed by atoms with Crippen LogP contribution in [0.25, 0.3) is 10.6 Å². The van der Waals surface area contributed by atoms with Crippen LogP contribution in [0.5, 0.6) is 0 Å². The second-order valence-electron chi connectivity index (χ2n) is 5.14. The number of hydrogen-bond donors (Lipinski definition) is 1. The Morgan fingerprint density at radius 1 is 1.36 bits per heavy atom. The van der Waals surface area contributed by atoms with Crippen molar-refractivity contribution in [2.75, 3.05) is 11.9 Å². The lowest BCUT2D eigenvalue weighted by Gasteiger charge is -2.34. The minimum Gasteiger partial charge on any atom is -0.481 e. The van der Waals surface area contributed by atoms with E-state index in [1.165, 1.54) is 27.6 Å². The van der Waals surface area contributed by atoms with Crippen LogP contribution in [0.4, 0.5) is 5.13 Å². The molecule has 1 N–H and O–H groups in total. The molecule has 1 amide bonds. The SMILES string of the molecule is CN(C(=O)C1CCC1C(=O)O)c1nc(-c2ccc(Cl)s2)cs1. The fraction of sp³-hybridized carbons (Fsp3) is 0.357. The number of amides is 1. The fourth-order valence-corrected chi connectivity index (χ4v) is 4.29. The van der Waals surface area contributed by atoms with E-state index >= 15 is 0 Å². The Balaban J connectivity index is 1.75. The number of nitrogens with zero attached hydrogens (tertiary/aromatic N) is 2. The van der Waals surface area contributed by atoms with Gasteiger partial charge in [0, 0.05) is 12.4 Å². The highest BCUT2D eigenvalue weighted by Gasteiger charge is 2.43. The maximum Gasteiger partial charge on any atom is 0.307 e. The van der Waals surface area contributed by atoms with Crippen molar-refractivity contribution in [2.24, 2.45) is 11.8 Å². The molecule has 2 unspecified atom stereocenters. The number of carboxylic acid groups (broad SMARTS) is 1. The van der Waals surface area contributed by atoms with E-state index in [9.17, 15) is 9.59 Å². The molecule has 22 heavy (non-hydrogen) atoms. The summed E-state index contributed by atoms with van der Waals surface area (Å²) in [5.74, 6) is -2.08. The van der Waals surface area contributed by atoms with Crippen molar-refractivity contribution in [1.29, 1.82) is 0 Å². The second kappa shape index (κ2) is 5.98. The largest absolute Gasteiger partial charge is 0.481 e. The van der Waals surface area contributed by atoms with Crippen LogP contribution < -0.4 is 4.90 Å². The van der Waals surface area contributed by atoms with Gasteiger partial charge in [0.2, 0.25) is 5.91 Å². The van der Waals surface area contributed by atoms with Crippen molar-refractivity contribution in [3.8, 4) is 10.6 Å². The summed E-state index contributed by atoms with van der Waals surface area (Å²) in [6.07, 6.45) is 1.19. The molecule has 0 radical (unpaired) electrons. The number of thiophene rings is 1. The van der Waals surface area contributed by atoms with Crippen LogP contribution in [0.2, 0.25) is 4.34 Å². The number of carbonyl (C=O) groups is 2. The fourth-order valence-electron chi connectivity index (χ4n) is 2.42. The molecule has 2 atom stereocenters. The molecule has 0 aromatic carbocycles. The zero-order valence-corrected chi connectivity index (χ0v) is 14.0. The van der Waals surface area contributed by atoms with Gasteiger partial charge in [-0.2, -0.15) is 0 Å². The van der Waals surface area contributed by atoms with Gasteiger partial charge in [-0.25, -0.2) is 4.98 Å². The number of anilines is 1. The first-order valence-corrected chi connectivity index (χ1v) is 8.76. The summed E-state index contributed by atoms with van der Waals surface area (Å²) in [6.45, 7) is 0. The lowest BCUT2D eigenvalue weighted by Crippen LogP contribution is -2.44. The lowest BCUT2D eigenvalue weighted by atomic mass is 9.73. The quantitative estimate of drug-likeness (QED) is 0.908. The summed E-state index contributed by atoms with van der Waals surface area (Å²) >= 11 is 8.71. The zero-order valence-electron chi connectivity index (χ0n) is 11.7.